The number of anilines is 2. The first-order valence-corrected chi connectivity index (χ1v) is 10.1. The molecule has 33 heavy (non-hydrogen) atoms. The Morgan fingerprint density at radius 3 is 2.24 bits per heavy atom. The molecule has 0 spiro atoms. The predicted molar refractivity (Wildman–Crippen MR) is 124 cm³/mol. The van der Waals surface area contributed by atoms with E-state index in [4.69, 9.17) is 0 Å². The molecule has 0 saturated carbocycles. The number of rotatable bonds is 7. The Labute approximate surface area is 190 Å². The highest BCUT2D eigenvalue weighted by Crippen LogP contribution is 2.32. The number of hydrogen-bond donors (Lipinski definition) is 1. The van der Waals surface area contributed by atoms with Crippen molar-refractivity contribution in [1.29, 1.82) is 0 Å². The second-order valence-electron chi connectivity index (χ2n) is 7.64. The minimum Gasteiger partial charge on any atom is -0.378 e. The van der Waals surface area contributed by atoms with Gasteiger partial charge in [-0.2, -0.15) is 0 Å². The zero-order valence-electron chi connectivity index (χ0n) is 18.1. The van der Waals surface area contributed by atoms with Crippen LogP contribution in [0.3, 0.4) is 0 Å². The quantitative estimate of drug-likeness (QED) is 0.338. The van der Waals surface area contributed by atoms with Gasteiger partial charge >= 0.3 is 0 Å². The summed E-state index contributed by atoms with van der Waals surface area (Å²) in [5.74, 6) is -0.984. The second kappa shape index (κ2) is 8.91. The van der Waals surface area contributed by atoms with Crippen molar-refractivity contribution in [2.24, 2.45) is 0 Å². The molecule has 166 valence electrons. The van der Waals surface area contributed by atoms with Gasteiger partial charge in [-0.25, -0.2) is 0 Å². The third kappa shape index (κ3) is 4.42. The highest BCUT2D eigenvalue weighted by Gasteiger charge is 2.39. The Hall–Kier alpha value is -4.53. The topological polar surface area (TPSA) is 109 Å². The fourth-order valence-corrected chi connectivity index (χ4v) is 3.49. The van der Waals surface area contributed by atoms with E-state index in [2.05, 4.69) is 10.3 Å². The van der Waals surface area contributed by atoms with Gasteiger partial charge in [-0.05, 0) is 54.1 Å². The molecular weight excluding hydrogens is 422 g/mol. The zero-order chi connectivity index (χ0) is 23.5. The Bertz CT molecular complexity index is 1240. The number of amides is 2. The van der Waals surface area contributed by atoms with Crippen LogP contribution in [0.4, 0.5) is 17.1 Å². The average Bonchev–Trinajstić information content (AvgIpc) is 3.04. The number of aromatic nitrogens is 1. The molecule has 9 heteroatoms. The van der Waals surface area contributed by atoms with Crippen LogP contribution in [0.15, 0.2) is 78.6 Å². The van der Waals surface area contributed by atoms with E-state index in [0.29, 0.717) is 16.9 Å². The number of carbonyl (C=O) groups is 2. The van der Waals surface area contributed by atoms with Gasteiger partial charge in [0.05, 0.1) is 22.7 Å². The lowest BCUT2D eigenvalue weighted by atomic mass is 10.0. The summed E-state index contributed by atoms with van der Waals surface area (Å²) >= 11 is 0. The Kier molecular flexibility index (Phi) is 5.86. The number of nitrogens with zero attached hydrogens (tertiary/aromatic N) is 4. The number of nitro groups is 1. The highest BCUT2D eigenvalue weighted by molar-refractivity contribution is 6.36. The van der Waals surface area contributed by atoms with Crippen LogP contribution in [0, 0.1) is 10.1 Å². The molecule has 2 aromatic carbocycles. The SMILES string of the molecule is CN(C)c1ccc(NC2=C(c3ccc([N+](=O)[O-])cc3)C(=O)N(Cc3ccccn3)C2=O)cc1. The monoisotopic (exact) mass is 443 g/mol. The maximum atomic E-state index is 13.3. The fourth-order valence-electron chi connectivity index (χ4n) is 3.49. The molecule has 0 atom stereocenters. The van der Waals surface area contributed by atoms with Crippen LogP contribution in [0.25, 0.3) is 5.57 Å². The van der Waals surface area contributed by atoms with Gasteiger partial charge in [0.25, 0.3) is 17.5 Å². The summed E-state index contributed by atoms with van der Waals surface area (Å²) < 4.78 is 0. The summed E-state index contributed by atoms with van der Waals surface area (Å²) in [7, 11) is 3.85. The normalized spacial score (nSPS) is 13.5. The van der Waals surface area contributed by atoms with Crippen LogP contribution < -0.4 is 10.2 Å². The van der Waals surface area contributed by atoms with Gasteiger partial charge in [0.2, 0.25) is 0 Å². The first-order valence-electron chi connectivity index (χ1n) is 10.1. The standard InChI is InChI=1S/C24H21N5O4/c1-27(2)19-12-8-17(9-13-19)26-22-21(16-6-10-20(11-7-16)29(32)33)23(30)28(24(22)31)15-18-5-3-4-14-25-18/h3-14,26H,15H2,1-2H3. The molecule has 4 rings (SSSR count). The Morgan fingerprint density at radius 1 is 0.970 bits per heavy atom. The molecule has 1 aromatic heterocycles. The predicted octanol–water partition coefficient (Wildman–Crippen LogP) is 3.45. The van der Waals surface area contributed by atoms with Crippen LogP contribution in [0.5, 0.6) is 0 Å². The lowest BCUT2D eigenvalue weighted by Crippen LogP contribution is -2.32. The van der Waals surface area contributed by atoms with Crippen molar-refractivity contribution in [1.82, 2.24) is 9.88 Å². The van der Waals surface area contributed by atoms with Crippen molar-refractivity contribution < 1.29 is 14.5 Å². The molecular formula is C24H21N5O4. The number of nitro benzene ring substituents is 1. The number of nitrogens with one attached hydrogen (secondary N) is 1. The molecule has 2 heterocycles. The molecule has 2 amide bonds. The van der Waals surface area contributed by atoms with E-state index >= 15 is 0 Å². The van der Waals surface area contributed by atoms with E-state index in [0.717, 1.165) is 10.6 Å². The minimum atomic E-state index is -0.515. The van der Waals surface area contributed by atoms with E-state index in [1.807, 2.05) is 43.3 Å². The van der Waals surface area contributed by atoms with Gasteiger partial charge in [-0.3, -0.25) is 29.6 Å². The number of non-ortho nitro benzene ring substituents is 1. The first-order chi connectivity index (χ1) is 15.8. The van der Waals surface area contributed by atoms with Crippen molar-refractivity contribution in [3.05, 3.63) is 100.0 Å². The molecule has 1 aliphatic rings. The van der Waals surface area contributed by atoms with Gasteiger partial charge in [0.1, 0.15) is 5.70 Å². The molecule has 0 unspecified atom stereocenters. The number of benzene rings is 2. The highest BCUT2D eigenvalue weighted by atomic mass is 16.6. The molecule has 0 bridgehead atoms. The van der Waals surface area contributed by atoms with Crippen LogP contribution in [-0.2, 0) is 16.1 Å². The van der Waals surface area contributed by atoms with Gasteiger partial charge in [-0.1, -0.05) is 6.07 Å². The van der Waals surface area contributed by atoms with E-state index in [-0.39, 0.29) is 23.5 Å². The average molecular weight is 443 g/mol. The molecule has 0 aliphatic carbocycles. The third-order valence-electron chi connectivity index (χ3n) is 5.23. The summed E-state index contributed by atoms with van der Waals surface area (Å²) in [6.45, 7) is 0.0136. The van der Waals surface area contributed by atoms with Crippen molar-refractivity contribution in [3.63, 3.8) is 0 Å². The lowest BCUT2D eigenvalue weighted by Gasteiger charge is -2.15. The molecule has 3 aromatic rings. The smallest absolute Gasteiger partial charge is 0.278 e. The lowest BCUT2D eigenvalue weighted by molar-refractivity contribution is -0.384. The Balaban J connectivity index is 1.72. The minimum absolute atomic E-state index is 0.0136. The summed E-state index contributed by atoms with van der Waals surface area (Å²) in [5, 5.41) is 14.1. The third-order valence-corrected chi connectivity index (χ3v) is 5.23. The molecule has 0 saturated heterocycles. The summed E-state index contributed by atoms with van der Waals surface area (Å²) in [6, 6.07) is 18.2. The second-order valence-corrected chi connectivity index (χ2v) is 7.64. The number of pyridine rings is 1. The van der Waals surface area contributed by atoms with Gasteiger partial charge in [0, 0.05) is 43.8 Å². The summed E-state index contributed by atoms with van der Waals surface area (Å²) in [5.41, 5.74) is 2.76. The summed E-state index contributed by atoms with van der Waals surface area (Å²) in [6.07, 6.45) is 1.59. The van der Waals surface area contributed by atoms with Crippen molar-refractivity contribution >= 4 is 34.4 Å². The number of carbonyl (C=O) groups excluding carboxylic acids is 2. The fraction of sp³-hybridized carbons (Fsp3) is 0.125. The maximum absolute atomic E-state index is 13.3. The number of imide groups is 1. The Morgan fingerprint density at radius 2 is 1.67 bits per heavy atom. The van der Waals surface area contributed by atoms with Crippen molar-refractivity contribution in [3.8, 4) is 0 Å². The van der Waals surface area contributed by atoms with Gasteiger partial charge in [0.15, 0.2) is 0 Å². The number of hydrogen-bond acceptors (Lipinski definition) is 7. The molecule has 0 fully saturated rings. The van der Waals surface area contributed by atoms with E-state index in [1.165, 1.54) is 24.3 Å². The summed E-state index contributed by atoms with van der Waals surface area (Å²) in [4.78, 5) is 44.4. The van der Waals surface area contributed by atoms with E-state index < -0.39 is 16.7 Å². The zero-order valence-corrected chi connectivity index (χ0v) is 18.1. The van der Waals surface area contributed by atoms with Crippen LogP contribution >= 0.6 is 0 Å². The van der Waals surface area contributed by atoms with E-state index in [9.17, 15) is 19.7 Å². The van der Waals surface area contributed by atoms with Crippen LogP contribution in [0.2, 0.25) is 0 Å². The van der Waals surface area contributed by atoms with Crippen molar-refractivity contribution in [2.75, 3.05) is 24.3 Å². The molecule has 9 nitrogen and oxygen atoms in total. The molecule has 0 radical (unpaired) electrons. The van der Waals surface area contributed by atoms with Gasteiger partial charge < -0.3 is 10.2 Å². The largest absolute Gasteiger partial charge is 0.378 e. The first kappa shape index (κ1) is 21.7. The molecule has 1 aliphatic heterocycles. The van der Waals surface area contributed by atoms with Crippen LogP contribution in [0.1, 0.15) is 11.3 Å². The van der Waals surface area contributed by atoms with Crippen molar-refractivity contribution in [2.45, 2.75) is 6.54 Å². The molecule has 1 N–H and O–H groups in total. The van der Waals surface area contributed by atoms with E-state index in [1.54, 1.807) is 24.4 Å². The van der Waals surface area contributed by atoms with Crippen LogP contribution in [-0.4, -0.2) is 40.7 Å². The van der Waals surface area contributed by atoms with Gasteiger partial charge in [-0.15, -0.1) is 0 Å². The maximum Gasteiger partial charge on any atom is 0.278 e.